The van der Waals surface area contributed by atoms with Crippen LogP contribution in [0.3, 0.4) is 0 Å². The van der Waals surface area contributed by atoms with Crippen LogP contribution in [0.4, 0.5) is 5.13 Å². The molecule has 1 aromatic carbocycles. The second-order valence-corrected chi connectivity index (χ2v) is 13.1. The second-order valence-electron chi connectivity index (χ2n) is 10.3. The van der Waals surface area contributed by atoms with E-state index >= 15 is 0 Å². The zero-order valence-corrected chi connectivity index (χ0v) is 23.6. The lowest BCUT2D eigenvalue weighted by atomic mass is 9.54. The van der Waals surface area contributed by atoms with Crippen molar-refractivity contribution in [3.8, 4) is 5.75 Å². The number of nitrogens with zero attached hydrogens (tertiary/aromatic N) is 1. The van der Waals surface area contributed by atoms with Crippen molar-refractivity contribution >= 4 is 60.0 Å². The number of carbonyl (C=O) groups excluding carboxylic acids is 2. The number of aliphatic hydroxyl groups is 1. The number of aryl methyl sites for hydroxylation is 1. The molecule has 35 heavy (non-hydrogen) atoms. The molecule has 1 heterocycles. The quantitative estimate of drug-likeness (QED) is 0.257. The molecule has 5 rings (SSSR count). The number of benzene rings is 1. The minimum absolute atomic E-state index is 0.0308. The molecule has 0 saturated heterocycles. The van der Waals surface area contributed by atoms with Gasteiger partial charge in [0.25, 0.3) is 0 Å². The van der Waals surface area contributed by atoms with Crippen LogP contribution < -0.4 is 5.32 Å². The maximum Gasteiger partial charge on any atom is 0.226 e. The van der Waals surface area contributed by atoms with Gasteiger partial charge in [-0.1, -0.05) is 6.92 Å². The molecule has 3 aliphatic carbocycles. The largest absolute Gasteiger partial charge is 0.515 e. The monoisotopic (exact) mass is 622 g/mol. The number of aliphatic hydroxyl groups excluding tert-OH is 1. The van der Waals surface area contributed by atoms with Crippen molar-refractivity contribution in [3.05, 3.63) is 49.0 Å². The van der Waals surface area contributed by atoms with Crippen molar-refractivity contribution in [2.75, 3.05) is 5.32 Å². The van der Waals surface area contributed by atoms with Crippen molar-refractivity contribution < 1.29 is 19.8 Å². The molecule has 3 unspecified atom stereocenters. The Kier molecular flexibility index (Phi) is 6.64. The van der Waals surface area contributed by atoms with Crippen LogP contribution >= 0.6 is 43.2 Å². The van der Waals surface area contributed by atoms with Gasteiger partial charge in [0.1, 0.15) is 5.75 Å². The molecule has 186 valence electrons. The summed E-state index contributed by atoms with van der Waals surface area (Å²) in [6.45, 7) is 3.99. The van der Waals surface area contributed by atoms with Crippen LogP contribution in [0.15, 0.2) is 33.0 Å². The summed E-state index contributed by atoms with van der Waals surface area (Å²) < 4.78 is 1.42. The number of phenolic OH excluding ortho intramolecular Hbond substituents is 1. The predicted octanol–water partition coefficient (Wildman–Crippen LogP) is 6.80. The molecule has 2 fully saturated rings. The Morgan fingerprint density at radius 3 is 2.83 bits per heavy atom. The molecular formula is C26H28Br2N2O4S. The summed E-state index contributed by atoms with van der Waals surface area (Å²) in [7, 11) is 0. The molecule has 0 radical (unpaired) electrons. The van der Waals surface area contributed by atoms with Gasteiger partial charge in [-0.3, -0.25) is 9.59 Å². The summed E-state index contributed by atoms with van der Waals surface area (Å²) in [6, 6.07) is 2.03. The second kappa shape index (κ2) is 9.30. The van der Waals surface area contributed by atoms with Crippen LogP contribution in [0, 0.1) is 30.1 Å². The van der Waals surface area contributed by atoms with E-state index in [-0.39, 0.29) is 47.5 Å². The number of phenols is 1. The normalized spacial score (nSPS) is 30.6. The van der Waals surface area contributed by atoms with Gasteiger partial charge in [0.2, 0.25) is 5.91 Å². The van der Waals surface area contributed by atoms with E-state index in [9.17, 15) is 19.8 Å². The third-order valence-corrected chi connectivity index (χ3v) is 10.7. The number of anilines is 1. The van der Waals surface area contributed by atoms with E-state index in [0.717, 1.165) is 46.9 Å². The van der Waals surface area contributed by atoms with E-state index in [4.69, 9.17) is 0 Å². The summed E-state index contributed by atoms with van der Waals surface area (Å²) in [5.41, 5.74) is 2.30. The molecule has 9 heteroatoms. The number of halogens is 2. The highest BCUT2D eigenvalue weighted by atomic mass is 79.9. The molecule has 2 aromatic rings. The van der Waals surface area contributed by atoms with Crippen LogP contribution in [0.1, 0.15) is 60.9 Å². The van der Waals surface area contributed by atoms with Crippen LogP contribution in [-0.4, -0.2) is 26.9 Å². The lowest BCUT2D eigenvalue weighted by molar-refractivity contribution is -0.127. The molecular weight excluding hydrogens is 596 g/mol. The summed E-state index contributed by atoms with van der Waals surface area (Å²) >= 11 is 8.52. The Balaban J connectivity index is 1.44. The number of rotatable bonds is 4. The minimum Gasteiger partial charge on any atom is -0.515 e. The van der Waals surface area contributed by atoms with Crippen LogP contribution in [-0.2, 0) is 16.0 Å². The molecule has 2 saturated carbocycles. The van der Waals surface area contributed by atoms with E-state index in [2.05, 4.69) is 49.1 Å². The zero-order chi connectivity index (χ0) is 25.1. The highest BCUT2D eigenvalue weighted by molar-refractivity contribution is 9.11. The fourth-order valence-electron chi connectivity index (χ4n) is 6.96. The van der Waals surface area contributed by atoms with Gasteiger partial charge >= 0.3 is 0 Å². The van der Waals surface area contributed by atoms with Gasteiger partial charge in [0, 0.05) is 28.5 Å². The number of hydrogen-bond acceptors (Lipinski definition) is 6. The van der Waals surface area contributed by atoms with E-state index in [1.165, 1.54) is 16.9 Å². The topological polar surface area (TPSA) is 99.5 Å². The number of ketones is 1. The summed E-state index contributed by atoms with van der Waals surface area (Å²) in [5.74, 6) is 0.557. The molecule has 0 aliphatic heterocycles. The van der Waals surface area contributed by atoms with Crippen molar-refractivity contribution in [2.24, 2.45) is 23.2 Å². The number of aromatic nitrogens is 1. The standard InChI is InChI=1S/C26H28Br2N2O4S/c1-12-10-29-25(35-12)30-20(32)6-5-15-18(11-31)24(34)26(2)8-7-13-14(21(15)26)3-4-16-17(13)9-19(27)23(33)22(16)28/h9-11,13-15,21,31,33H,3-8H2,1-2H3,(H,29,30,32)/t13?,14?,15-,21?,26+/m1/s1. The first-order chi connectivity index (χ1) is 16.7. The fourth-order valence-corrected chi connectivity index (χ4v) is 8.99. The van der Waals surface area contributed by atoms with Gasteiger partial charge in [-0.2, -0.15) is 0 Å². The van der Waals surface area contributed by atoms with Crippen LogP contribution in [0.5, 0.6) is 5.75 Å². The van der Waals surface area contributed by atoms with Crippen LogP contribution in [0.25, 0.3) is 0 Å². The molecule has 3 N–H and O–H groups in total. The molecule has 6 nitrogen and oxygen atoms in total. The SMILES string of the molecule is Cc1cnc(NC(=O)CC[C@@H]2C(=CO)C(=O)[C@@]3(C)CCC4c5cc(Br)c(O)c(Br)c5CCC4C23)s1. The summed E-state index contributed by atoms with van der Waals surface area (Å²) in [4.78, 5) is 31.5. The Bertz CT molecular complexity index is 1240. The number of hydrogen-bond donors (Lipinski definition) is 3. The van der Waals surface area contributed by atoms with Crippen molar-refractivity contribution in [1.29, 1.82) is 0 Å². The third kappa shape index (κ3) is 4.07. The first kappa shape index (κ1) is 25.0. The summed E-state index contributed by atoms with van der Waals surface area (Å²) in [5, 5.41) is 24.0. The number of thiazole rings is 1. The van der Waals surface area contributed by atoms with Crippen molar-refractivity contribution in [3.63, 3.8) is 0 Å². The van der Waals surface area contributed by atoms with Crippen LogP contribution in [0.2, 0.25) is 0 Å². The van der Waals surface area contributed by atoms with E-state index in [1.807, 2.05) is 13.0 Å². The summed E-state index contributed by atoms with van der Waals surface area (Å²) in [6.07, 6.45) is 6.84. The molecule has 0 bridgehead atoms. The number of allylic oxidation sites excluding steroid dienone is 1. The third-order valence-electron chi connectivity index (χ3n) is 8.45. The Morgan fingerprint density at radius 1 is 1.37 bits per heavy atom. The minimum atomic E-state index is -0.536. The van der Waals surface area contributed by atoms with Gasteiger partial charge in [-0.15, -0.1) is 11.3 Å². The number of fused-ring (bicyclic) bond motifs is 5. The Hall–Kier alpha value is -1.71. The van der Waals surface area contributed by atoms with Gasteiger partial charge in [0.05, 0.1) is 15.2 Å². The number of nitrogens with one attached hydrogen (secondary N) is 1. The van der Waals surface area contributed by atoms with E-state index in [1.54, 1.807) is 6.20 Å². The van der Waals surface area contributed by atoms with Gasteiger partial charge in [0.15, 0.2) is 10.9 Å². The highest BCUT2D eigenvalue weighted by Gasteiger charge is 2.60. The zero-order valence-electron chi connectivity index (χ0n) is 19.6. The predicted molar refractivity (Wildman–Crippen MR) is 143 cm³/mol. The molecule has 0 spiro atoms. The Labute approximate surface area is 225 Å². The molecule has 1 aromatic heterocycles. The molecule has 1 amide bonds. The average molecular weight is 624 g/mol. The van der Waals surface area contributed by atoms with Gasteiger partial charge in [-0.25, -0.2) is 4.98 Å². The smallest absolute Gasteiger partial charge is 0.226 e. The van der Waals surface area contributed by atoms with E-state index < -0.39 is 5.41 Å². The number of Topliss-reactive ketones (excluding diaryl/α,β-unsaturated/α-hetero) is 1. The maximum atomic E-state index is 13.5. The first-order valence-corrected chi connectivity index (χ1v) is 14.4. The molecule has 5 atom stereocenters. The number of aromatic hydroxyl groups is 1. The van der Waals surface area contributed by atoms with Crippen molar-refractivity contribution in [1.82, 2.24) is 4.98 Å². The van der Waals surface area contributed by atoms with E-state index in [0.29, 0.717) is 21.6 Å². The lowest BCUT2D eigenvalue weighted by Crippen LogP contribution is -2.44. The lowest BCUT2D eigenvalue weighted by Gasteiger charge is -2.49. The first-order valence-electron chi connectivity index (χ1n) is 12.0. The van der Waals surface area contributed by atoms with Gasteiger partial charge < -0.3 is 15.5 Å². The van der Waals surface area contributed by atoms with Crippen molar-refractivity contribution in [2.45, 2.75) is 58.3 Å². The fraction of sp³-hybridized carbons (Fsp3) is 0.500. The Morgan fingerprint density at radius 2 is 2.14 bits per heavy atom. The maximum absolute atomic E-state index is 13.5. The average Bonchev–Trinajstić information content (AvgIpc) is 3.33. The molecule has 3 aliphatic rings. The number of carbonyl (C=O) groups is 2. The number of amides is 1. The van der Waals surface area contributed by atoms with Gasteiger partial charge in [-0.05, 0) is 112 Å². The highest BCUT2D eigenvalue weighted by Crippen LogP contribution is 2.64.